The Balaban J connectivity index is 1.61. The molecule has 2 aromatic rings. The standard InChI is InChI=1S/C29H33ClF2N4O5/c1-5-6-11-40-26-24-28(39)35-14-21(29(10-9-15(35)2)16(3)17(4)34-41-29)36(24)13-19(25(26)37)27(38)33-12-18-7-8-20(31)22(30)23(18)32/h7-8,13,15-16,21H,5-6,9-12,14H2,1-4H3,(H,33,38)/t15-,16-,21+,29-/m0/s1. The second kappa shape index (κ2) is 11.1. The van der Waals surface area contributed by atoms with Gasteiger partial charge < -0.3 is 24.4 Å². The van der Waals surface area contributed by atoms with Crippen LogP contribution in [-0.2, 0) is 11.4 Å². The first-order chi connectivity index (χ1) is 19.5. The Morgan fingerprint density at radius 3 is 2.73 bits per heavy atom. The topological polar surface area (TPSA) is 102 Å². The van der Waals surface area contributed by atoms with Crippen LogP contribution in [-0.4, -0.2) is 51.8 Å². The molecule has 12 heteroatoms. The summed E-state index contributed by atoms with van der Waals surface area (Å²) in [5.74, 6) is -3.37. The van der Waals surface area contributed by atoms with E-state index in [0.717, 1.165) is 18.2 Å². The quantitative estimate of drug-likeness (QED) is 0.367. The van der Waals surface area contributed by atoms with Crippen molar-refractivity contribution in [2.24, 2.45) is 11.1 Å². The van der Waals surface area contributed by atoms with Crippen molar-refractivity contribution in [1.29, 1.82) is 0 Å². The molecule has 2 amide bonds. The minimum atomic E-state index is -0.999. The van der Waals surface area contributed by atoms with Crippen molar-refractivity contribution in [1.82, 2.24) is 14.8 Å². The number of amides is 2. The molecule has 3 aliphatic heterocycles. The van der Waals surface area contributed by atoms with Crippen molar-refractivity contribution in [3.05, 3.63) is 62.0 Å². The molecule has 1 aromatic carbocycles. The molecule has 220 valence electrons. The average Bonchev–Trinajstić information content (AvgIpc) is 3.16. The molecule has 0 saturated carbocycles. The molecule has 4 heterocycles. The summed E-state index contributed by atoms with van der Waals surface area (Å²) in [5.41, 5.74) is -0.978. The van der Waals surface area contributed by atoms with E-state index in [1.807, 2.05) is 27.7 Å². The molecule has 1 aromatic heterocycles. The van der Waals surface area contributed by atoms with Crippen LogP contribution in [0.1, 0.15) is 85.8 Å². The van der Waals surface area contributed by atoms with Gasteiger partial charge in [-0.25, -0.2) is 8.78 Å². The molecule has 5 rings (SSSR count). The maximum atomic E-state index is 14.5. The molecule has 2 bridgehead atoms. The monoisotopic (exact) mass is 590 g/mol. The zero-order valence-electron chi connectivity index (χ0n) is 23.4. The Kier molecular flexibility index (Phi) is 7.84. The normalized spacial score (nSPS) is 25.0. The van der Waals surface area contributed by atoms with Crippen LogP contribution in [0, 0.1) is 17.6 Å². The number of halogens is 3. The molecule has 0 radical (unpaired) electrons. The van der Waals surface area contributed by atoms with Gasteiger partial charge in [0, 0.05) is 36.8 Å². The number of oxime groups is 1. The van der Waals surface area contributed by atoms with E-state index in [9.17, 15) is 23.2 Å². The van der Waals surface area contributed by atoms with Gasteiger partial charge in [0.25, 0.3) is 11.8 Å². The number of hydrogen-bond donors (Lipinski definition) is 1. The SMILES string of the molecule is CCCCOc1c2n(cc(C(=O)NCc3ccc(F)c(Cl)c3F)c1=O)[C@@H]1CN(C2=O)[C@@H](C)CC[C@@]12ON=C(C)[C@@H]2C. The number of pyridine rings is 1. The Labute approximate surface area is 241 Å². The van der Waals surface area contributed by atoms with Gasteiger partial charge in [0.15, 0.2) is 17.0 Å². The van der Waals surface area contributed by atoms with Crippen LogP contribution in [0.5, 0.6) is 5.75 Å². The Bertz CT molecular complexity index is 1490. The minimum Gasteiger partial charge on any atom is -0.487 e. The number of nitrogens with one attached hydrogen (secondary N) is 1. The Morgan fingerprint density at radius 2 is 2.05 bits per heavy atom. The van der Waals surface area contributed by atoms with Crippen LogP contribution in [0.3, 0.4) is 0 Å². The van der Waals surface area contributed by atoms with Crippen LogP contribution in [0.25, 0.3) is 0 Å². The highest BCUT2D eigenvalue weighted by Gasteiger charge is 2.57. The van der Waals surface area contributed by atoms with Gasteiger partial charge in [0.2, 0.25) is 5.43 Å². The molecule has 1 fully saturated rings. The molecule has 0 aliphatic carbocycles. The van der Waals surface area contributed by atoms with Crippen molar-refractivity contribution in [2.45, 2.75) is 77.6 Å². The van der Waals surface area contributed by atoms with Gasteiger partial charge in [-0.05, 0) is 39.2 Å². The first-order valence-corrected chi connectivity index (χ1v) is 14.3. The summed E-state index contributed by atoms with van der Waals surface area (Å²) < 4.78 is 35.7. The lowest BCUT2D eigenvalue weighted by atomic mass is 9.76. The molecule has 4 atom stereocenters. The van der Waals surface area contributed by atoms with Crippen LogP contribution >= 0.6 is 11.6 Å². The second-order valence-electron chi connectivity index (χ2n) is 11.0. The summed E-state index contributed by atoms with van der Waals surface area (Å²) in [5, 5.41) is 6.14. The number of rotatable bonds is 7. The van der Waals surface area contributed by atoms with E-state index in [1.165, 1.54) is 12.3 Å². The smallest absolute Gasteiger partial charge is 0.274 e. The molecular formula is C29H33ClF2N4O5. The molecular weight excluding hydrogens is 558 g/mol. The third-order valence-corrected chi connectivity index (χ3v) is 9.02. The largest absolute Gasteiger partial charge is 0.487 e. The minimum absolute atomic E-state index is 0.0504. The van der Waals surface area contributed by atoms with Gasteiger partial charge in [0.05, 0.1) is 18.4 Å². The zero-order chi connectivity index (χ0) is 29.6. The number of benzene rings is 1. The van der Waals surface area contributed by atoms with E-state index in [2.05, 4.69) is 10.5 Å². The predicted molar refractivity (Wildman–Crippen MR) is 149 cm³/mol. The highest BCUT2D eigenvalue weighted by Crippen LogP contribution is 2.48. The third-order valence-electron chi connectivity index (χ3n) is 8.67. The third kappa shape index (κ3) is 4.77. The molecule has 1 saturated heterocycles. The van der Waals surface area contributed by atoms with Crippen LogP contribution in [0.2, 0.25) is 5.02 Å². The lowest BCUT2D eigenvalue weighted by Crippen LogP contribution is -2.54. The first kappa shape index (κ1) is 29.0. The maximum Gasteiger partial charge on any atom is 0.274 e. The van der Waals surface area contributed by atoms with E-state index >= 15 is 0 Å². The molecule has 9 nitrogen and oxygen atoms in total. The van der Waals surface area contributed by atoms with Crippen LogP contribution in [0.15, 0.2) is 28.3 Å². The molecule has 41 heavy (non-hydrogen) atoms. The lowest BCUT2D eigenvalue weighted by molar-refractivity contribution is -0.0865. The first-order valence-electron chi connectivity index (χ1n) is 13.9. The fourth-order valence-corrected chi connectivity index (χ4v) is 6.13. The van der Waals surface area contributed by atoms with Crippen molar-refractivity contribution in [3.8, 4) is 5.75 Å². The highest BCUT2D eigenvalue weighted by molar-refractivity contribution is 6.31. The fourth-order valence-electron chi connectivity index (χ4n) is 5.95. The van der Waals surface area contributed by atoms with Gasteiger partial charge in [-0.15, -0.1) is 0 Å². The van der Waals surface area contributed by atoms with Gasteiger partial charge >= 0.3 is 0 Å². The van der Waals surface area contributed by atoms with Crippen molar-refractivity contribution in [3.63, 3.8) is 0 Å². The number of ether oxygens (including phenoxy) is 1. The summed E-state index contributed by atoms with van der Waals surface area (Å²) in [6.45, 7) is 7.99. The van der Waals surface area contributed by atoms with Crippen molar-refractivity contribution >= 4 is 29.1 Å². The predicted octanol–water partition coefficient (Wildman–Crippen LogP) is 4.85. The van der Waals surface area contributed by atoms with Gasteiger partial charge in [-0.2, -0.15) is 0 Å². The molecule has 0 unspecified atom stereocenters. The Hall–Kier alpha value is -3.47. The maximum absolute atomic E-state index is 14.5. The number of hydrogen-bond acceptors (Lipinski definition) is 6. The van der Waals surface area contributed by atoms with E-state index in [0.29, 0.717) is 25.8 Å². The highest BCUT2D eigenvalue weighted by atomic mass is 35.5. The number of fused-ring (bicyclic) bond motifs is 5. The molecule has 1 N–H and O–H groups in total. The summed E-state index contributed by atoms with van der Waals surface area (Å²) in [6, 6.07) is 1.58. The Morgan fingerprint density at radius 1 is 1.29 bits per heavy atom. The average molecular weight is 591 g/mol. The summed E-state index contributed by atoms with van der Waals surface area (Å²) in [7, 11) is 0. The summed E-state index contributed by atoms with van der Waals surface area (Å²) in [4.78, 5) is 48.9. The zero-order valence-corrected chi connectivity index (χ0v) is 24.2. The van der Waals surface area contributed by atoms with E-state index in [1.54, 1.807) is 9.47 Å². The van der Waals surface area contributed by atoms with Gasteiger partial charge in [-0.1, -0.05) is 43.1 Å². The summed E-state index contributed by atoms with van der Waals surface area (Å²) in [6.07, 6.45) is 4.07. The van der Waals surface area contributed by atoms with E-state index < -0.39 is 39.6 Å². The number of carbonyl (C=O) groups is 2. The van der Waals surface area contributed by atoms with Crippen LogP contribution in [0.4, 0.5) is 8.78 Å². The number of unbranched alkanes of at least 4 members (excludes halogenated alkanes) is 1. The van der Waals surface area contributed by atoms with Gasteiger partial charge in [0.1, 0.15) is 22.2 Å². The summed E-state index contributed by atoms with van der Waals surface area (Å²) >= 11 is 5.68. The lowest BCUT2D eigenvalue weighted by Gasteiger charge is -2.43. The second-order valence-corrected chi connectivity index (χ2v) is 11.4. The number of carbonyl (C=O) groups excluding carboxylic acids is 2. The van der Waals surface area contributed by atoms with Crippen molar-refractivity contribution < 1.29 is 27.9 Å². The van der Waals surface area contributed by atoms with E-state index in [4.69, 9.17) is 21.2 Å². The number of aromatic nitrogens is 1. The van der Waals surface area contributed by atoms with E-state index in [-0.39, 0.29) is 53.6 Å². The van der Waals surface area contributed by atoms with Gasteiger partial charge in [-0.3, -0.25) is 14.4 Å². The molecule has 1 spiro atoms. The molecule has 3 aliphatic rings. The fraction of sp³-hybridized carbons (Fsp3) is 0.517. The van der Waals surface area contributed by atoms with Crippen LogP contribution < -0.4 is 15.5 Å². The number of nitrogens with zero attached hydrogens (tertiary/aromatic N) is 3. The van der Waals surface area contributed by atoms with Crippen molar-refractivity contribution in [2.75, 3.05) is 13.2 Å².